The molecule has 1 aliphatic heterocycles. The van der Waals surface area contributed by atoms with E-state index in [1.807, 2.05) is 6.20 Å². The van der Waals surface area contributed by atoms with Crippen LogP contribution in [0.1, 0.15) is 50.8 Å². The first-order valence-electron chi connectivity index (χ1n) is 10.2. The van der Waals surface area contributed by atoms with Crippen molar-refractivity contribution < 1.29 is 0 Å². The van der Waals surface area contributed by atoms with Crippen LogP contribution in [0, 0.1) is 5.92 Å². The van der Waals surface area contributed by atoms with Gasteiger partial charge in [-0.25, -0.2) is 4.98 Å². The fraction of sp³-hybridized carbons (Fsp3) is 0.667. The minimum absolute atomic E-state index is 0.641. The summed E-state index contributed by atoms with van der Waals surface area (Å²) in [7, 11) is 0. The van der Waals surface area contributed by atoms with Crippen LogP contribution < -0.4 is 0 Å². The van der Waals surface area contributed by atoms with Crippen LogP contribution in [-0.2, 0) is 13.0 Å². The van der Waals surface area contributed by atoms with E-state index in [9.17, 15) is 0 Å². The van der Waals surface area contributed by atoms with Crippen molar-refractivity contribution in [2.75, 3.05) is 26.2 Å². The third-order valence-electron chi connectivity index (χ3n) is 6.34. The van der Waals surface area contributed by atoms with Crippen molar-refractivity contribution in [3.05, 3.63) is 28.7 Å². The molecule has 0 aromatic carbocycles. The van der Waals surface area contributed by atoms with Crippen LogP contribution in [-0.4, -0.2) is 52.0 Å². The first-order valence-corrected chi connectivity index (χ1v) is 10.6. The second kappa shape index (κ2) is 7.87. The summed E-state index contributed by atoms with van der Waals surface area (Å²) in [6.07, 6.45) is 8.49. The van der Waals surface area contributed by atoms with Gasteiger partial charge < -0.3 is 4.98 Å². The Morgan fingerprint density at radius 1 is 1.19 bits per heavy atom. The molecule has 2 aromatic heterocycles. The van der Waals surface area contributed by atoms with Crippen LogP contribution in [0.3, 0.4) is 0 Å². The zero-order valence-electron chi connectivity index (χ0n) is 16.1. The lowest BCUT2D eigenvalue weighted by Gasteiger charge is -2.37. The van der Waals surface area contributed by atoms with E-state index in [2.05, 4.69) is 39.7 Å². The van der Waals surface area contributed by atoms with E-state index in [0.717, 1.165) is 56.0 Å². The average molecular weight is 375 g/mol. The number of nitrogens with one attached hydrogen (secondary N) is 1. The summed E-state index contributed by atoms with van der Waals surface area (Å²) in [4.78, 5) is 13.2. The summed E-state index contributed by atoms with van der Waals surface area (Å²) in [6.45, 7) is 10.1. The fourth-order valence-corrected chi connectivity index (χ4v) is 5.00. The van der Waals surface area contributed by atoms with E-state index in [4.69, 9.17) is 11.6 Å². The smallest absolute Gasteiger partial charge is 0.138 e. The number of hydrogen-bond donors (Lipinski definition) is 1. The van der Waals surface area contributed by atoms with Gasteiger partial charge in [-0.1, -0.05) is 37.3 Å². The highest BCUT2D eigenvalue weighted by Gasteiger charge is 2.24. The van der Waals surface area contributed by atoms with Crippen LogP contribution in [0.15, 0.2) is 12.3 Å². The number of rotatable bonds is 5. The van der Waals surface area contributed by atoms with Gasteiger partial charge in [-0.2, -0.15) is 0 Å². The summed E-state index contributed by atoms with van der Waals surface area (Å²) in [5, 5.41) is 1.79. The predicted molar refractivity (Wildman–Crippen MR) is 109 cm³/mol. The molecule has 0 radical (unpaired) electrons. The Labute approximate surface area is 161 Å². The van der Waals surface area contributed by atoms with Gasteiger partial charge in [0.1, 0.15) is 5.15 Å². The SMILES string of the molecule is CC(C)N1CCN(Cc2c(CC3CCCC3)[nH]c3ccnc(Cl)c23)CC1. The molecule has 5 heteroatoms. The maximum atomic E-state index is 6.52. The number of aromatic amines is 1. The van der Waals surface area contributed by atoms with Crippen molar-refractivity contribution in [3.63, 3.8) is 0 Å². The molecule has 2 fully saturated rings. The summed E-state index contributed by atoms with van der Waals surface area (Å²) >= 11 is 6.52. The molecule has 142 valence electrons. The maximum absolute atomic E-state index is 6.52. The number of hydrogen-bond acceptors (Lipinski definition) is 3. The summed E-state index contributed by atoms with van der Waals surface area (Å²) in [5.41, 5.74) is 3.94. The lowest BCUT2D eigenvalue weighted by atomic mass is 9.98. The predicted octanol–water partition coefficient (Wildman–Crippen LogP) is 4.48. The molecule has 0 bridgehead atoms. The molecule has 1 aliphatic carbocycles. The number of halogens is 1. The molecule has 0 amide bonds. The van der Waals surface area contributed by atoms with Gasteiger partial charge in [0.25, 0.3) is 0 Å². The molecule has 2 aliphatic rings. The van der Waals surface area contributed by atoms with Crippen molar-refractivity contribution >= 4 is 22.5 Å². The first kappa shape index (κ1) is 18.3. The van der Waals surface area contributed by atoms with Gasteiger partial charge >= 0.3 is 0 Å². The van der Waals surface area contributed by atoms with Gasteiger partial charge in [-0.05, 0) is 37.8 Å². The van der Waals surface area contributed by atoms with Crippen LogP contribution in [0.5, 0.6) is 0 Å². The molecule has 0 spiro atoms. The molecule has 0 atom stereocenters. The third-order valence-corrected chi connectivity index (χ3v) is 6.63. The zero-order valence-corrected chi connectivity index (χ0v) is 16.9. The second-order valence-corrected chi connectivity index (χ2v) is 8.72. The van der Waals surface area contributed by atoms with Gasteiger partial charge in [0, 0.05) is 56.0 Å². The molecule has 2 aromatic rings. The van der Waals surface area contributed by atoms with Crippen molar-refractivity contribution in [1.82, 2.24) is 19.8 Å². The topological polar surface area (TPSA) is 35.2 Å². The van der Waals surface area contributed by atoms with Crippen molar-refractivity contribution in [2.24, 2.45) is 5.92 Å². The first-order chi connectivity index (χ1) is 12.6. The van der Waals surface area contributed by atoms with Gasteiger partial charge in [-0.15, -0.1) is 0 Å². The van der Waals surface area contributed by atoms with Crippen LogP contribution >= 0.6 is 11.6 Å². The highest BCUT2D eigenvalue weighted by Crippen LogP contribution is 2.34. The minimum atomic E-state index is 0.641. The molecule has 4 nitrogen and oxygen atoms in total. The highest BCUT2D eigenvalue weighted by atomic mass is 35.5. The van der Waals surface area contributed by atoms with Crippen LogP contribution in [0.25, 0.3) is 10.9 Å². The lowest BCUT2D eigenvalue weighted by molar-refractivity contribution is 0.104. The van der Waals surface area contributed by atoms with E-state index in [1.165, 1.54) is 36.9 Å². The Morgan fingerprint density at radius 3 is 2.62 bits per heavy atom. The van der Waals surface area contributed by atoms with Crippen molar-refractivity contribution in [2.45, 2.75) is 58.5 Å². The van der Waals surface area contributed by atoms with E-state index in [0.29, 0.717) is 11.2 Å². The maximum Gasteiger partial charge on any atom is 0.138 e. The molecule has 1 saturated heterocycles. The summed E-state index contributed by atoms with van der Waals surface area (Å²) in [5.74, 6) is 0.825. The Kier molecular flexibility index (Phi) is 5.53. The average Bonchev–Trinajstić information content (AvgIpc) is 3.25. The molecular formula is C21H31ClN4. The van der Waals surface area contributed by atoms with Crippen molar-refractivity contribution in [3.8, 4) is 0 Å². The Morgan fingerprint density at radius 2 is 1.92 bits per heavy atom. The third kappa shape index (κ3) is 3.78. The minimum Gasteiger partial charge on any atom is -0.358 e. The summed E-state index contributed by atoms with van der Waals surface area (Å²) < 4.78 is 0. The van der Waals surface area contributed by atoms with Gasteiger partial charge in [0.2, 0.25) is 0 Å². The highest BCUT2D eigenvalue weighted by molar-refractivity contribution is 6.34. The van der Waals surface area contributed by atoms with E-state index in [1.54, 1.807) is 0 Å². The second-order valence-electron chi connectivity index (χ2n) is 8.37. The van der Waals surface area contributed by atoms with E-state index in [-0.39, 0.29) is 0 Å². The standard InChI is InChI=1S/C21H31ClN4/c1-15(2)26-11-9-25(10-12-26)14-17-19(13-16-5-3-4-6-16)24-18-7-8-23-21(22)20(17)18/h7-8,15-16,24H,3-6,9-14H2,1-2H3. The molecule has 1 saturated carbocycles. The monoisotopic (exact) mass is 374 g/mol. The number of H-pyrrole nitrogens is 1. The number of nitrogens with zero attached hydrogens (tertiary/aromatic N) is 3. The molecule has 4 rings (SSSR count). The molecule has 0 unspecified atom stereocenters. The van der Waals surface area contributed by atoms with Crippen LogP contribution in [0.4, 0.5) is 0 Å². The Balaban J connectivity index is 1.58. The van der Waals surface area contributed by atoms with Gasteiger partial charge in [-0.3, -0.25) is 9.80 Å². The van der Waals surface area contributed by atoms with Gasteiger partial charge in [0.05, 0.1) is 5.52 Å². The normalized spacial score (nSPS) is 20.6. The lowest BCUT2D eigenvalue weighted by Crippen LogP contribution is -2.48. The van der Waals surface area contributed by atoms with Crippen LogP contribution in [0.2, 0.25) is 5.15 Å². The number of piperazine rings is 1. The van der Waals surface area contributed by atoms with E-state index < -0.39 is 0 Å². The molecule has 26 heavy (non-hydrogen) atoms. The van der Waals surface area contributed by atoms with E-state index >= 15 is 0 Å². The van der Waals surface area contributed by atoms with Gasteiger partial charge in [0.15, 0.2) is 0 Å². The number of fused-ring (bicyclic) bond motifs is 1. The Hall–Kier alpha value is -1.10. The molecular weight excluding hydrogens is 344 g/mol. The largest absolute Gasteiger partial charge is 0.358 e. The molecule has 3 heterocycles. The quantitative estimate of drug-likeness (QED) is 0.784. The number of pyridine rings is 1. The molecule has 1 N–H and O–H groups in total. The zero-order chi connectivity index (χ0) is 18.1. The summed E-state index contributed by atoms with van der Waals surface area (Å²) in [6, 6.07) is 2.71. The van der Waals surface area contributed by atoms with Crippen molar-refractivity contribution in [1.29, 1.82) is 0 Å². The Bertz CT molecular complexity index is 740. The number of aromatic nitrogens is 2. The fourth-order valence-electron chi connectivity index (χ4n) is 4.73.